The van der Waals surface area contributed by atoms with E-state index >= 15 is 0 Å². The fourth-order valence-electron chi connectivity index (χ4n) is 10.1. The van der Waals surface area contributed by atoms with Gasteiger partial charge in [0.05, 0.1) is 39.5 Å². The molecule has 0 unspecified atom stereocenters. The minimum atomic E-state index is -1.39. The molecule has 3 fully saturated rings. The SMILES string of the molecule is C[C@@H]1NC(=O)[C@@H](CCCCNC(=O)[C@@H](N)CO)NC(=O)CNC(=O)[C@@H]2CCCN2C(=O)[C@@H](CCCCNC(=O)[C@@H](N)CO)NC(=O)[C@@H](C)NC(=O)[C@@H](CCCCNC(=O)[C@@H](N)CO)NC(=O)CNC(=O)[C@@H]2CCCN2C(=O)[C@H](CCCCNC(=O)[C@@H](N)CO)NC1=O. The molecule has 0 spiro atoms. The van der Waals surface area contributed by atoms with Gasteiger partial charge in [0.1, 0.15) is 72.5 Å². The first-order valence-corrected chi connectivity index (χ1v) is 31.3. The van der Waals surface area contributed by atoms with E-state index in [1.54, 1.807) is 0 Å². The summed E-state index contributed by atoms with van der Waals surface area (Å²) < 4.78 is 0. The Bertz CT molecular complexity index is 2350. The standard InChI is InChI=1S/C56H98N18O18/c1-31-45(81)71-39(15-5-9-21-63-49(85)35(59)29-77)55(91)73-23-11-17-41(73)53(89)66-26-44(80)70-38(14-4-8-20-62-48(84)34(58)28-76)52(88)68-32(2)46(82)72-40(16-6-10-22-64-50(86)36(60)30-78)56(92)74-24-12-18-42(74)54(90)65-25-43(79)69-37(51(87)67-31)13-3-7-19-61-47(83)33(57)27-75/h31-42,75-78H,3-30,57-60H2,1-2H3,(H,61,83)(H,62,84)(H,63,85)(H,64,86)(H,65,90)(H,66,89)(H,67,87)(H,68,88)(H,69,79)(H,70,80)(H,71,81)(H,72,82)/t31-,32+,33-,34-,35-,36-,37+,38+,39-,40+,41-,42-/m0/s1. The second-order valence-corrected chi connectivity index (χ2v) is 22.9. The Balaban J connectivity index is 2.03. The van der Waals surface area contributed by atoms with E-state index in [1.165, 1.54) is 23.6 Å². The van der Waals surface area contributed by atoms with Crippen molar-refractivity contribution >= 4 is 82.7 Å². The lowest BCUT2D eigenvalue weighted by molar-refractivity contribution is -0.142. The molecule has 14 amide bonds. The molecule has 0 radical (unpaired) electrons. The quantitative estimate of drug-likeness (QED) is 0.0324. The van der Waals surface area contributed by atoms with Gasteiger partial charge in [-0.2, -0.15) is 0 Å². The van der Waals surface area contributed by atoms with Crippen LogP contribution in [-0.4, -0.2) is 264 Å². The minimum Gasteiger partial charge on any atom is -0.394 e. The highest BCUT2D eigenvalue weighted by Crippen LogP contribution is 2.22. The molecular formula is C56H98N18O18. The van der Waals surface area contributed by atoms with Crippen LogP contribution in [0.3, 0.4) is 0 Å². The molecule has 3 rings (SSSR count). The molecule has 3 aliphatic heterocycles. The topological polar surface area (TPSA) is 575 Å². The predicted molar refractivity (Wildman–Crippen MR) is 326 cm³/mol. The van der Waals surface area contributed by atoms with Crippen LogP contribution < -0.4 is 86.7 Å². The molecule has 3 heterocycles. The first-order valence-electron chi connectivity index (χ1n) is 31.3. The van der Waals surface area contributed by atoms with E-state index in [4.69, 9.17) is 22.9 Å². The number of carbonyl (C=O) groups is 14. The van der Waals surface area contributed by atoms with Crippen LogP contribution in [-0.2, 0) is 67.1 Å². The summed E-state index contributed by atoms with van der Waals surface area (Å²) in [6.07, 6.45) is 2.33. The zero-order chi connectivity index (χ0) is 68.5. The number of fused-ring (bicyclic) bond motifs is 2. The van der Waals surface area contributed by atoms with Gasteiger partial charge in [0.15, 0.2) is 0 Å². The van der Waals surface area contributed by atoms with Crippen molar-refractivity contribution in [3.63, 3.8) is 0 Å². The highest BCUT2D eigenvalue weighted by Gasteiger charge is 2.41. The summed E-state index contributed by atoms with van der Waals surface area (Å²) in [6.45, 7) is -0.957. The third-order valence-electron chi connectivity index (χ3n) is 15.6. The molecule has 0 aromatic carbocycles. The lowest BCUT2D eigenvalue weighted by Crippen LogP contribution is -2.59. The zero-order valence-corrected chi connectivity index (χ0v) is 52.4. The van der Waals surface area contributed by atoms with E-state index in [9.17, 15) is 87.5 Å². The van der Waals surface area contributed by atoms with E-state index < -0.39 is 195 Å². The van der Waals surface area contributed by atoms with Gasteiger partial charge >= 0.3 is 0 Å². The third kappa shape index (κ3) is 26.8. The number of hydrogen-bond donors (Lipinski definition) is 20. The molecular weight excluding hydrogens is 1210 g/mol. The van der Waals surface area contributed by atoms with Crippen molar-refractivity contribution < 1.29 is 87.5 Å². The normalized spacial score (nSPS) is 24.3. The average Bonchev–Trinajstić information content (AvgIpc) is 1.67. The van der Waals surface area contributed by atoms with Gasteiger partial charge in [0.2, 0.25) is 82.7 Å². The van der Waals surface area contributed by atoms with Gasteiger partial charge in [-0.1, -0.05) is 0 Å². The average molecular weight is 1310 g/mol. The van der Waals surface area contributed by atoms with E-state index in [0.717, 1.165) is 0 Å². The number of amides is 14. The van der Waals surface area contributed by atoms with Crippen molar-refractivity contribution in [2.45, 2.75) is 189 Å². The summed E-state index contributed by atoms with van der Waals surface area (Å²) in [6, 6.07) is -15.3. The second kappa shape index (κ2) is 41.7. The Kier molecular flexibility index (Phi) is 35.6. The first kappa shape index (κ1) is 78.5. The number of unbranched alkanes of at least 4 members (excludes halogenated alkanes) is 4. The molecule has 12 atom stereocenters. The molecule has 92 heavy (non-hydrogen) atoms. The van der Waals surface area contributed by atoms with Crippen LogP contribution in [0.25, 0.3) is 0 Å². The molecule has 520 valence electrons. The van der Waals surface area contributed by atoms with Gasteiger partial charge in [0, 0.05) is 39.3 Å². The Morgan fingerprint density at radius 3 is 0.978 bits per heavy atom. The second-order valence-electron chi connectivity index (χ2n) is 22.9. The summed E-state index contributed by atoms with van der Waals surface area (Å²) >= 11 is 0. The maximum absolute atomic E-state index is 14.5. The van der Waals surface area contributed by atoms with Crippen molar-refractivity contribution in [3.05, 3.63) is 0 Å². The van der Waals surface area contributed by atoms with Crippen molar-refractivity contribution in [2.75, 3.05) is 78.8 Å². The number of aliphatic hydroxyl groups is 4. The molecule has 0 aromatic rings. The van der Waals surface area contributed by atoms with Gasteiger partial charge in [0.25, 0.3) is 0 Å². The summed E-state index contributed by atoms with van der Waals surface area (Å²) in [5, 5.41) is 67.8. The monoisotopic (exact) mass is 1310 g/mol. The molecule has 0 bridgehead atoms. The number of rotatable bonds is 28. The molecule has 0 aromatic heterocycles. The highest BCUT2D eigenvalue weighted by atomic mass is 16.3. The smallest absolute Gasteiger partial charge is 0.245 e. The van der Waals surface area contributed by atoms with Gasteiger partial charge in [-0.05, 0) is 117 Å². The Hall–Kier alpha value is -7.74. The van der Waals surface area contributed by atoms with Crippen molar-refractivity contribution in [3.8, 4) is 0 Å². The van der Waals surface area contributed by atoms with Crippen LogP contribution in [0.2, 0.25) is 0 Å². The van der Waals surface area contributed by atoms with E-state index in [0.29, 0.717) is 12.8 Å². The van der Waals surface area contributed by atoms with Gasteiger partial charge in [-0.25, -0.2) is 0 Å². The van der Waals surface area contributed by atoms with Crippen LogP contribution in [0, 0.1) is 0 Å². The molecule has 0 saturated carbocycles. The summed E-state index contributed by atoms with van der Waals surface area (Å²) in [5.74, 6) is -10.7. The van der Waals surface area contributed by atoms with E-state index in [2.05, 4.69) is 63.8 Å². The fraction of sp³-hybridized carbons (Fsp3) is 0.750. The van der Waals surface area contributed by atoms with Crippen LogP contribution in [0.5, 0.6) is 0 Å². The van der Waals surface area contributed by atoms with Crippen LogP contribution in [0.4, 0.5) is 0 Å². The summed E-state index contributed by atoms with van der Waals surface area (Å²) in [4.78, 5) is 192. The van der Waals surface area contributed by atoms with E-state index in [-0.39, 0.29) is 129 Å². The molecule has 24 N–H and O–H groups in total. The number of aliphatic hydroxyl groups excluding tert-OH is 4. The molecule has 36 heteroatoms. The fourth-order valence-corrected chi connectivity index (χ4v) is 10.1. The van der Waals surface area contributed by atoms with Gasteiger partial charge in [-0.3, -0.25) is 67.1 Å². The van der Waals surface area contributed by atoms with Crippen molar-refractivity contribution in [1.82, 2.24) is 73.6 Å². The Labute approximate surface area is 533 Å². The molecule has 3 saturated heterocycles. The summed E-state index contributed by atoms with van der Waals surface area (Å²) in [5.41, 5.74) is 22.4. The lowest BCUT2D eigenvalue weighted by Gasteiger charge is -2.30. The minimum absolute atomic E-state index is 0.0339. The number of nitrogens with zero attached hydrogens (tertiary/aromatic N) is 2. The highest BCUT2D eigenvalue weighted by molar-refractivity contribution is 5.99. The number of nitrogens with one attached hydrogen (secondary N) is 12. The first-order chi connectivity index (χ1) is 43.8. The summed E-state index contributed by atoms with van der Waals surface area (Å²) in [7, 11) is 0. The molecule has 36 nitrogen and oxygen atoms in total. The maximum Gasteiger partial charge on any atom is 0.245 e. The predicted octanol–water partition coefficient (Wildman–Crippen LogP) is -10.4. The van der Waals surface area contributed by atoms with Crippen LogP contribution in [0.1, 0.15) is 117 Å². The van der Waals surface area contributed by atoms with Crippen molar-refractivity contribution in [2.24, 2.45) is 22.9 Å². The maximum atomic E-state index is 14.5. The lowest BCUT2D eigenvalue weighted by atomic mass is 10.1. The van der Waals surface area contributed by atoms with Crippen LogP contribution in [0.15, 0.2) is 0 Å². The van der Waals surface area contributed by atoms with E-state index in [1.807, 2.05) is 0 Å². The molecule has 3 aliphatic rings. The van der Waals surface area contributed by atoms with Gasteiger partial charge < -0.3 is 117 Å². The van der Waals surface area contributed by atoms with Crippen LogP contribution >= 0.6 is 0 Å². The Morgan fingerprint density at radius 2 is 0.696 bits per heavy atom. The van der Waals surface area contributed by atoms with Crippen molar-refractivity contribution in [1.29, 1.82) is 0 Å². The number of hydrogen-bond acceptors (Lipinski definition) is 22. The zero-order valence-electron chi connectivity index (χ0n) is 52.4. The van der Waals surface area contributed by atoms with Gasteiger partial charge in [-0.15, -0.1) is 0 Å². The Morgan fingerprint density at radius 1 is 0.413 bits per heavy atom. The number of nitrogens with two attached hydrogens (primary N) is 4. The number of carbonyl (C=O) groups excluding carboxylic acids is 14. The molecule has 0 aliphatic carbocycles. The largest absolute Gasteiger partial charge is 0.394 e. The third-order valence-corrected chi connectivity index (χ3v) is 15.6.